The SMILES string of the molecule is CCCCc1nc2ccc(Br)cc2c(=O)n1N=Cc1cc([N+](=O)[O-])ccc1OCC(=O)OC. The van der Waals surface area contributed by atoms with Crippen molar-refractivity contribution < 1.29 is 19.2 Å². The zero-order chi connectivity index (χ0) is 24.0. The molecule has 33 heavy (non-hydrogen) atoms. The number of unbranched alkanes of at least 4 members (excludes halogenated alkanes) is 1. The average Bonchev–Trinajstić information content (AvgIpc) is 2.81. The van der Waals surface area contributed by atoms with Crippen molar-refractivity contribution in [1.29, 1.82) is 0 Å². The van der Waals surface area contributed by atoms with Crippen molar-refractivity contribution in [2.75, 3.05) is 13.7 Å². The van der Waals surface area contributed by atoms with Crippen molar-refractivity contribution in [3.63, 3.8) is 0 Å². The van der Waals surface area contributed by atoms with Crippen molar-refractivity contribution in [3.8, 4) is 5.75 Å². The Morgan fingerprint density at radius 1 is 1.30 bits per heavy atom. The number of methoxy groups -OCH3 is 1. The molecule has 0 aliphatic heterocycles. The first-order chi connectivity index (χ1) is 15.8. The van der Waals surface area contributed by atoms with Gasteiger partial charge in [0.05, 0.1) is 29.2 Å². The molecule has 0 bridgehead atoms. The van der Waals surface area contributed by atoms with Crippen molar-refractivity contribution >= 4 is 44.7 Å². The van der Waals surface area contributed by atoms with E-state index in [1.807, 2.05) is 6.92 Å². The standard InChI is InChI=1S/C22H21BrN4O6/c1-3-4-5-20-25-18-8-6-15(23)11-17(18)22(29)26(20)24-12-14-10-16(27(30)31)7-9-19(14)33-13-21(28)32-2/h6-12H,3-5,13H2,1-2H3. The van der Waals surface area contributed by atoms with Crippen LogP contribution in [0.25, 0.3) is 10.9 Å². The fourth-order valence-corrected chi connectivity index (χ4v) is 3.37. The van der Waals surface area contributed by atoms with Gasteiger partial charge in [0.15, 0.2) is 6.61 Å². The Labute approximate surface area is 197 Å². The van der Waals surface area contributed by atoms with Gasteiger partial charge in [-0.15, -0.1) is 0 Å². The van der Waals surface area contributed by atoms with E-state index in [1.54, 1.807) is 18.2 Å². The summed E-state index contributed by atoms with van der Waals surface area (Å²) in [6, 6.07) is 9.08. The van der Waals surface area contributed by atoms with E-state index in [9.17, 15) is 19.7 Å². The van der Waals surface area contributed by atoms with Gasteiger partial charge in [0.25, 0.3) is 11.2 Å². The molecule has 0 N–H and O–H groups in total. The first kappa shape index (κ1) is 24.1. The van der Waals surface area contributed by atoms with Gasteiger partial charge in [0.1, 0.15) is 11.6 Å². The molecular weight excluding hydrogens is 496 g/mol. The zero-order valence-electron chi connectivity index (χ0n) is 18.0. The zero-order valence-corrected chi connectivity index (χ0v) is 19.6. The van der Waals surface area contributed by atoms with Gasteiger partial charge in [-0.25, -0.2) is 9.78 Å². The molecule has 172 valence electrons. The van der Waals surface area contributed by atoms with E-state index >= 15 is 0 Å². The van der Waals surface area contributed by atoms with Crippen LogP contribution in [0.4, 0.5) is 5.69 Å². The highest BCUT2D eigenvalue weighted by Gasteiger charge is 2.14. The molecule has 1 heterocycles. The minimum atomic E-state index is -0.612. The lowest BCUT2D eigenvalue weighted by atomic mass is 10.2. The van der Waals surface area contributed by atoms with Crippen LogP contribution in [-0.2, 0) is 16.0 Å². The van der Waals surface area contributed by atoms with E-state index in [2.05, 4.69) is 30.8 Å². The van der Waals surface area contributed by atoms with Crippen LogP contribution < -0.4 is 10.3 Å². The number of halogens is 1. The summed E-state index contributed by atoms with van der Waals surface area (Å²) >= 11 is 3.36. The predicted octanol–water partition coefficient (Wildman–Crippen LogP) is 3.84. The van der Waals surface area contributed by atoms with E-state index in [0.717, 1.165) is 17.3 Å². The summed E-state index contributed by atoms with van der Waals surface area (Å²) < 4.78 is 11.9. The van der Waals surface area contributed by atoms with Gasteiger partial charge in [-0.3, -0.25) is 14.9 Å². The molecule has 0 radical (unpaired) electrons. The van der Waals surface area contributed by atoms with Crippen LogP contribution in [0.15, 0.2) is 50.8 Å². The molecule has 0 saturated carbocycles. The third kappa shape index (κ3) is 5.80. The number of ether oxygens (including phenoxy) is 2. The maximum atomic E-state index is 13.2. The van der Waals surface area contributed by atoms with E-state index in [1.165, 1.54) is 36.2 Å². The number of hydrogen-bond donors (Lipinski definition) is 0. The van der Waals surface area contributed by atoms with Crippen LogP contribution in [0.5, 0.6) is 5.75 Å². The van der Waals surface area contributed by atoms with E-state index in [0.29, 0.717) is 23.1 Å². The monoisotopic (exact) mass is 516 g/mol. The molecule has 3 rings (SSSR count). The van der Waals surface area contributed by atoms with Crippen molar-refractivity contribution in [3.05, 3.63) is 72.7 Å². The number of carbonyl (C=O) groups excluding carboxylic acids is 1. The molecule has 0 atom stereocenters. The Kier molecular flexibility index (Phi) is 7.88. The lowest BCUT2D eigenvalue weighted by molar-refractivity contribution is -0.384. The third-order valence-corrected chi connectivity index (χ3v) is 5.21. The van der Waals surface area contributed by atoms with Gasteiger partial charge >= 0.3 is 5.97 Å². The molecular formula is C22H21BrN4O6. The Bertz CT molecular complexity index is 1290. The number of aromatic nitrogens is 2. The Morgan fingerprint density at radius 2 is 2.09 bits per heavy atom. The summed E-state index contributed by atoms with van der Waals surface area (Å²) in [5, 5.41) is 15.9. The number of non-ortho nitro benzene ring substituents is 1. The Morgan fingerprint density at radius 3 is 2.79 bits per heavy atom. The largest absolute Gasteiger partial charge is 0.481 e. The molecule has 2 aromatic carbocycles. The Hall–Kier alpha value is -3.60. The maximum Gasteiger partial charge on any atom is 0.343 e. The molecule has 0 amide bonds. The number of hydrogen-bond acceptors (Lipinski definition) is 8. The highest BCUT2D eigenvalue weighted by atomic mass is 79.9. The van der Waals surface area contributed by atoms with Crippen LogP contribution >= 0.6 is 15.9 Å². The van der Waals surface area contributed by atoms with E-state index in [4.69, 9.17) is 4.74 Å². The highest BCUT2D eigenvalue weighted by Crippen LogP contribution is 2.23. The molecule has 0 fully saturated rings. The van der Waals surface area contributed by atoms with Crippen LogP contribution in [0, 0.1) is 10.1 Å². The number of nitro benzene ring substituents is 1. The fourth-order valence-electron chi connectivity index (χ4n) is 3.01. The van der Waals surface area contributed by atoms with E-state index < -0.39 is 10.9 Å². The topological polar surface area (TPSA) is 126 Å². The van der Waals surface area contributed by atoms with E-state index in [-0.39, 0.29) is 29.2 Å². The molecule has 3 aromatic rings. The number of rotatable bonds is 9. The van der Waals surface area contributed by atoms with Gasteiger partial charge in [0.2, 0.25) is 0 Å². The summed E-state index contributed by atoms with van der Waals surface area (Å²) in [5.41, 5.74) is 0.209. The molecule has 0 aliphatic rings. The van der Waals surface area contributed by atoms with Gasteiger partial charge < -0.3 is 9.47 Å². The number of esters is 1. The minimum Gasteiger partial charge on any atom is -0.481 e. The Balaban J connectivity index is 2.10. The lowest BCUT2D eigenvalue weighted by Gasteiger charge is -2.10. The van der Waals surface area contributed by atoms with Gasteiger partial charge in [-0.05, 0) is 30.7 Å². The summed E-state index contributed by atoms with van der Waals surface area (Å²) in [5.74, 6) is 0.0309. The summed E-state index contributed by atoms with van der Waals surface area (Å²) in [4.78, 5) is 39.9. The number of fused-ring (bicyclic) bond motifs is 1. The normalized spacial score (nSPS) is 11.1. The molecule has 10 nitrogen and oxygen atoms in total. The summed E-state index contributed by atoms with van der Waals surface area (Å²) in [7, 11) is 1.22. The maximum absolute atomic E-state index is 13.2. The van der Waals surface area contributed by atoms with Crippen molar-refractivity contribution in [1.82, 2.24) is 9.66 Å². The minimum absolute atomic E-state index is 0.175. The van der Waals surface area contributed by atoms with Crippen molar-refractivity contribution in [2.24, 2.45) is 5.10 Å². The van der Waals surface area contributed by atoms with Gasteiger partial charge in [-0.2, -0.15) is 9.78 Å². The first-order valence-corrected chi connectivity index (χ1v) is 10.9. The molecule has 0 spiro atoms. The van der Waals surface area contributed by atoms with Crippen LogP contribution in [-0.4, -0.2) is 40.5 Å². The number of nitro groups is 1. The number of aryl methyl sites for hydroxylation is 1. The second-order valence-corrected chi connectivity index (χ2v) is 7.91. The quantitative estimate of drug-likeness (QED) is 0.183. The lowest BCUT2D eigenvalue weighted by Crippen LogP contribution is -2.22. The summed E-state index contributed by atoms with van der Waals surface area (Å²) in [6.07, 6.45) is 3.50. The molecule has 0 aliphatic carbocycles. The van der Waals surface area contributed by atoms with Crippen LogP contribution in [0.2, 0.25) is 0 Å². The molecule has 0 saturated heterocycles. The van der Waals surface area contributed by atoms with Gasteiger partial charge in [0, 0.05) is 28.6 Å². The number of carbonyl (C=O) groups is 1. The molecule has 11 heteroatoms. The molecule has 0 unspecified atom stereocenters. The van der Waals surface area contributed by atoms with Crippen molar-refractivity contribution in [2.45, 2.75) is 26.2 Å². The second kappa shape index (κ2) is 10.8. The third-order valence-electron chi connectivity index (χ3n) is 4.72. The van der Waals surface area contributed by atoms with Gasteiger partial charge in [-0.1, -0.05) is 29.3 Å². The van der Waals surface area contributed by atoms with Crippen LogP contribution in [0.3, 0.4) is 0 Å². The van der Waals surface area contributed by atoms with Crippen LogP contribution in [0.1, 0.15) is 31.2 Å². The smallest absolute Gasteiger partial charge is 0.343 e. The number of nitrogens with zero attached hydrogens (tertiary/aromatic N) is 4. The summed E-state index contributed by atoms with van der Waals surface area (Å²) in [6.45, 7) is 1.64. The highest BCUT2D eigenvalue weighted by molar-refractivity contribution is 9.10. The second-order valence-electron chi connectivity index (χ2n) is 7.00. The number of benzene rings is 2. The predicted molar refractivity (Wildman–Crippen MR) is 126 cm³/mol. The first-order valence-electron chi connectivity index (χ1n) is 10.1. The average molecular weight is 517 g/mol. The fraction of sp³-hybridized carbons (Fsp3) is 0.273. The molecule has 1 aromatic heterocycles.